The number of nitrogens with one attached hydrogen (secondary N) is 4. The molecule has 0 heterocycles. The summed E-state index contributed by atoms with van der Waals surface area (Å²) in [6, 6.07) is 0. The molecule has 0 amide bonds. The van der Waals surface area contributed by atoms with Crippen LogP contribution in [0.2, 0.25) is 0 Å². The van der Waals surface area contributed by atoms with Gasteiger partial charge in [-0.05, 0) is 146 Å². The lowest BCUT2D eigenvalue weighted by Gasteiger charge is -2.36. The molecule has 0 aromatic rings. The van der Waals surface area contributed by atoms with Crippen molar-refractivity contribution in [3.8, 4) is 0 Å². The molecule has 1 atom stereocenters. The number of nitrogens with two attached hydrogens (primary N) is 1. The second-order valence-electron chi connectivity index (χ2n) is 18.5. The second kappa shape index (κ2) is 28.1. The van der Waals surface area contributed by atoms with Crippen LogP contribution in [-0.2, 0) is 0 Å². The summed E-state index contributed by atoms with van der Waals surface area (Å²) in [5.41, 5.74) is 4.79. The van der Waals surface area contributed by atoms with Crippen LogP contribution in [0.5, 0.6) is 0 Å². The zero-order valence-electron chi connectivity index (χ0n) is 35.7. The predicted octanol–water partition coefficient (Wildman–Crippen LogP) is 2.63. The molecule has 12 nitrogen and oxygen atoms in total. The molecule has 0 aliphatic carbocycles. The molecule has 12 heteroatoms. The van der Waals surface area contributed by atoms with Gasteiger partial charge in [-0.1, -0.05) is 0 Å². The lowest BCUT2D eigenvalue weighted by molar-refractivity contribution is 0.0255. The van der Waals surface area contributed by atoms with E-state index in [-0.39, 0.29) is 67.0 Å². The molecule has 1 unspecified atom stereocenters. The molecule has 0 aliphatic heterocycles. The highest BCUT2D eigenvalue weighted by molar-refractivity contribution is 4.91. The fraction of sp³-hybridized carbons (Fsp3) is 1.00. The molecule has 300 valence electrons. The summed E-state index contributed by atoms with van der Waals surface area (Å²) < 4.78 is 0. The first-order valence-corrected chi connectivity index (χ1v) is 17.1. The van der Waals surface area contributed by atoms with E-state index in [1.165, 1.54) is 0 Å². The van der Waals surface area contributed by atoms with E-state index in [9.17, 15) is 0 Å². The first-order valence-electron chi connectivity index (χ1n) is 17.1. The smallest absolute Gasteiger partial charge is 0.0935 e. The van der Waals surface area contributed by atoms with Crippen molar-refractivity contribution < 1.29 is 30.6 Å². The summed E-state index contributed by atoms with van der Waals surface area (Å²) >= 11 is 0. The number of aliphatic hydroxyl groups is 6. The first-order chi connectivity index (χ1) is 20.9. The Hall–Kier alpha value is -0.480. The van der Waals surface area contributed by atoms with E-state index in [1.807, 2.05) is 62.3 Å². The maximum Gasteiger partial charge on any atom is 0.0935 e. The highest BCUT2D eigenvalue weighted by atomic mass is 16.3. The minimum atomic E-state index is -0.974. The Kier molecular flexibility index (Phi) is 35.0. The molecular weight excluding hydrogens is 612 g/mol. The monoisotopic (exact) mass is 703 g/mol. The van der Waals surface area contributed by atoms with Crippen molar-refractivity contribution in [2.75, 3.05) is 60.3 Å². The van der Waals surface area contributed by atoms with Gasteiger partial charge in [0.05, 0.1) is 44.8 Å². The van der Waals surface area contributed by atoms with Crippen LogP contribution < -0.4 is 27.0 Å². The molecular formula is C36H90N6O6. The van der Waals surface area contributed by atoms with Gasteiger partial charge in [0.1, 0.15) is 0 Å². The van der Waals surface area contributed by atoms with Crippen molar-refractivity contribution in [2.45, 2.75) is 176 Å². The summed E-state index contributed by atoms with van der Waals surface area (Å²) in [4.78, 5) is 2.19. The average Bonchev–Trinajstić information content (AvgIpc) is 2.83. The Labute approximate surface area is 299 Å². The van der Waals surface area contributed by atoms with Crippen molar-refractivity contribution in [3.63, 3.8) is 0 Å². The Morgan fingerprint density at radius 1 is 0.562 bits per heavy atom. The Morgan fingerprint density at radius 3 is 0.917 bits per heavy atom. The van der Waals surface area contributed by atoms with Crippen LogP contribution in [0.3, 0.4) is 0 Å². The summed E-state index contributed by atoms with van der Waals surface area (Å²) in [5.74, 6) is 0. The number of hydrogen-bond acceptors (Lipinski definition) is 12. The normalized spacial score (nSPS) is 13.2. The van der Waals surface area contributed by atoms with Crippen LogP contribution in [0, 0.1) is 0 Å². The zero-order valence-corrected chi connectivity index (χ0v) is 35.7. The van der Waals surface area contributed by atoms with Gasteiger partial charge in [0.15, 0.2) is 0 Å². The second-order valence-corrected chi connectivity index (χ2v) is 18.5. The van der Waals surface area contributed by atoms with Crippen molar-refractivity contribution in [3.05, 3.63) is 0 Å². The quantitative estimate of drug-likeness (QED) is 0.157. The van der Waals surface area contributed by atoms with Crippen LogP contribution in [0.1, 0.15) is 132 Å². The molecule has 0 spiro atoms. The molecule has 0 saturated carbocycles. The lowest BCUT2D eigenvalue weighted by Crippen LogP contribution is -2.61. The standard InChI is InChI=1S/C8H19NO3.C7H17NO.C6H15NO.C6H15N.C5H13NO.C4H11N/c1-7(2,3)9-8(4-10,5-11)6-12;1-6(9)5-8-7(2,3)4;1-6(2,3)7-4-5-8;1-6(2,3)7(4)5;1-5(2,3)6-4-7;1-4(2,3)5/h9-12H,4-6H2,1-3H3;6,8-9H,5H2,1-4H3;7-8H,4-5H2,1-3H3;1-5H3;6-7H,4H2,1-3H3;5H2,1-3H3. The number of nitrogens with zero attached hydrogens (tertiary/aromatic N) is 1. The van der Waals surface area contributed by atoms with Gasteiger partial charge in [0.2, 0.25) is 0 Å². The Balaban J connectivity index is -0.000000112. The third-order valence-corrected chi connectivity index (χ3v) is 5.19. The van der Waals surface area contributed by atoms with Crippen molar-refractivity contribution in [1.29, 1.82) is 0 Å². The number of aliphatic hydroxyl groups excluding tert-OH is 6. The molecule has 0 rings (SSSR count). The van der Waals surface area contributed by atoms with E-state index in [4.69, 9.17) is 36.4 Å². The van der Waals surface area contributed by atoms with E-state index in [1.54, 1.807) is 6.92 Å². The SMILES string of the molecule is CC(C)(C)N.CC(C)(C)NC(CO)(CO)CO.CC(C)(C)NCCO.CC(C)(C)NCO.CC(O)CNC(C)(C)C.CN(C)C(C)(C)C. The Morgan fingerprint density at radius 2 is 0.854 bits per heavy atom. The fourth-order valence-corrected chi connectivity index (χ4v) is 2.19. The first kappa shape index (κ1) is 59.7. The van der Waals surface area contributed by atoms with Gasteiger partial charge in [-0.25, -0.2) is 0 Å². The average molecular weight is 703 g/mol. The number of hydrogen-bond donors (Lipinski definition) is 11. The maximum absolute atomic E-state index is 8.96. The van der Waals surface area contributed by atoms with Gasteiger partial charge < -0.3 is 57.2 Å². The Bertz CT molecular complexity index is 664. The van der Waals surface area contributed by atoms with E-state index in [2.05, 4.69) is 103 Å². The third kappa shape index (κ3) is 71.5. The van der Waals surface area contributed by atoms with Crippen LogP contribution >= 0.6 is 0 Å². The minimum absolute atomic E-state index is 0. The van der Waals surface area contributed by atoms with E-state index in [0.29, 0.717) is 18.6 Å². The minimum Gasteiger partial charge on any atom is -0.395 e. The summed E-state index contributed by atoms with van der Waals surface area (Å²) in [7, 11) is 4.17. The topological polar surface area (TPSA) is 199 Å². The molecule has 0 aromatic heterocycles. The summed E-state index contributed by atoms with van der Waals surface area (Å²) in [6.07, 6.45) is -0.246. The van der Waals surface area contributed by atoms with Crippen molar-refractivity contribution in [2.24, 2.45) is 5.73 Å². The van der Waals surface area contributed by atoms with E-state index >= 15 is 0 Å². The van der Waals surface area contributed by atoms with Gasteiger partial charge in [-0.2, -0.15) is 0 Å². The largest absolute Gasteiger partial charge is 0.395 e. The molecule has 0 radical (unpaired) electrons. The highest BCUT2D eigenvalue weighted by Gasteiger charge is 2.31. The molecule has 0 aromatic carbocycles. The third-order valence-electron chi connectivity index (χ3n) is 5.19. The van der Waals surface area contributed by atoms with Gasteiger partial charge >= 0.3 is 0 Å². The van der Waals surface area contributed by atoms with E-state index in [0.717, 1.165) is 0 Å². The van der Waals surface area contributed by atoms with Crippen molar-refractivity contribution in [1.82, 2.24) is 26.2 Å². The highest BCUT2D eigenvalue weighted by Crippen LogP contribution is 2.10. The molecule has 0 bridgehead atoms. The molecule has 0 fully saturated rings. The summed E-state index contributed by atoms with van der Waals surface area (Å²) in [6.45, 7) is 39.2. The van der Waals surface area contributed by atoms with Gasteiger partial charge in [-0.15, -0.1) is 0 Å². The van der Waals surface area contributed by atoms with Crippen LogP contribution in [0.4, 0.5) is 0 Å². The van der Waals surface area contributed by atoms with Gasteiger partial charge in [0.25, 0.3) is 0 Å². The zero-order chi connectivity index (χ0) is 40.4. The molecule has 0 aliphatic rings. The van der Waals surface area contributed by atoms with Crippen LogP contribution in [0.25, 0.3) is 0 Å². The van der Waals surface area contributed by atoms with Crippen LogP contribution in [0.15, 0.2) is 0 Å². The molecule has 0 saturated heterocycles. The fourth-order valence-electron chi connectivity index (χ4n) is 2.19. The maximum atomic E-state index is 8.96. The summed E-state index contributed by atoms with van der Waals surface area (Å²) in [5, 5.41) is 64.5. The van der Waals surface area contributed by atoms with Gasteiger partial charge in [0, 0.05) is 46.3 Å². The predicted molar refractivity (Wildman–Crippen MR) is 209 cm³/mol. The molecule has 48 heavy (non-hydrogen) atoms. The number of rotatable bonds is 9. The molecule has 12 N–H and O–H groups in total. The van der Waals surface area contributed by atoms with Crippen LogP contribution in [-0.4, -0.2) is 141 Å². The number of β-amino-alcohol motifs (C(OH)–C–C–N with tert-alkyl or cyclic N) is 2. The lowest BCUT2D eigenvalue weighted by atomic mass is 9.97. The van der Waals surface area contributed by atoms with E-state index < -0.39 is 5.54 Å². The van der Waals surface area contributed by atoms with Gasteiger partial charge in [-0.3, -0.25) is 5.32 Å². The van der Waals surface area contributed by atoms with Crippen molar-refractivity contribution >= 4 is 0 Å².